The van der Waals surface area contributed by atoms with Crippen molar-refractivity contribution in [2.24, 2.45) is 17.8 Å². The molecule has 2 aliphatic carbocycles. The molecule has 2 fully saturated rings. The molecule has 2 saturated carbocycles. The zero-order valence-corrected chi connectivity index (χ0v) is 12.2. The topological polar surface area (TPSA) is 55.2 Å². The number of fused-ring (bicyclic) bond motifs is 2. The molecule has 21 heavy (non-hydrogen) atoms. The van der Waals surface area contributed by atoms with Crippen molar-refractivity contribution in [3.8, 4) is 0 Å². The summed E-state index contributed by atoms with van der Waals surface area (Å²) in [5, 5.41) is 14.1. The number of halogens is 1. The van der Waals surface area contributed by atoms with Crippen LogP contribution in [0.2, 0.25) is 0 Å². The minimum absolute atomic E-state index is 0.332. The first kappa shape index (κ1) is 14.4. The predicted octanol–water partition coefficient (Wildman–Crippen LogP) is 3.65. The van der Waals surface area contributed by atoms with Crippen LogP contribution in [0.3, 0.4) is 0 Å². The van der Waals surface area contributed by atoms with Gasteiger partial charge in [-0.3, -0.25) is 10.1 Å². The Balaban J connectivity index is 1.62. The van der Waals surface area contributed by atoms with Crippen LogP contribution in [0.1, 0.15) is 38.2 Å². The molecule has 4 nitrogen and oxygen atoms in total. The minimum Gasteiger partial charge on any atom is -0.310 e. The summed E-state index contributed by atoms with van der Waals surface area (Å²) in [6, 6.07) is 4.69. The lowest BCUT2D eigenvalue weighted by Crippen LogP contribution is -2.36. The van der Waals surface area contributed by atoms with Crippen LogP contribution in [0.15, 0.2) is 18.2 Å². The van der Waals surface area contributed by atoms with E-state index in [1.165, 1.54) is 31.7 Å². The number of rotatable bonds is 5. The number of nitro groups is 1. The van der Waals surface area contributed by atoms with Crippen LogP contribution in [-0.2, 0) is 6.54 Å². The Kier molecular flexibility index (Phi) is 3.93. The van der Waals surface area contributed by atoms with Crippen molar-refractivity contribution in [1.29, 1.82) is 0 Å². The van der Waals surface area contributed by atoms with Gasteiger partial charge >= 0.3 is 5.69 Å². The van der Waals surface area contributed by atoms with Crippen LogP contribution in [-0.4, -0.2) is 11.0 Å². The average molecular weight is 292 g/mol. The quantitative estimate of drug-likeness (QED) is 0.665. The van der Waals surface area contributed by atoms with Gasteiger partial charge in [0.05, 0.1) is 4.92 Å². The van der Waals surface area contributed by atoms with E-state index in [0.717, 1.165) is 11.8 Å². The largest absolute Gasteiger partial charge is 0.310 e. The highest BCUT2D eigenvalue weighted by Gasteiger charge is 2.41. The molecule has 0 radical (unpaired) electrons. The van der Waals surface area contributed by atoms with Gasteiger partial charge in [-0.25, -0.2) is 0 Å². The lowest BCUT2D eigenvalue weighted by Gasteiger charge is -2.28. The van der Waals surface area contributed by atoms with Crippen LogP contribution in [0.5, 0.6) is 0 Å². The first-order valence-corrected chi connectivity index (χ1v) is 7.71. The molecule has 1 N–H and O–H groups in total. The first-order valence-electron chi connectivity index (χ1n) is 7.71. The van der Waals surface area contributed by atoms with Gasteiger partial charge in [-0.15, -0.1) is 0 Å². The molecule has 1 aromatic carbocycles. The fraction of sp³-hybridized carbons (Fsp3) is 0.625. The van der Waals surface area contributed by atoms with Crippen molar-refractivity contribution in [2.75, 3.05) is 0 Å². The molecule has 5 heteroatoms. The SMILES string of the molecule is CC(NCc1cccc([N+](=O)[O-])c1F)C1CC2CCC1C2. The number of nitrogens with zero attached hydrogens (tertiary/aromatic N) is 1. The summed E-state index contributed by atoms with van der Waals surface area (Å²) in [5.41, 5.74) is -0.0684. The summed E-state index contributed by atoms with van der Waals surface area (Å²) in [4.78, 5) is 10.1. The van der Waals surface area contributed by atoms with E-state index in [4.69, 9.17) is 0 Å². The second-order valence-electron chi connectivity index (χ2n) is 6.52. The standard InChI is InChI=1S/C16H21FN2O2/c1-10(14-8-11-5-6-12(14)7-11)18-9-13-3-2-4-15(16(13)17)19(20)21/h2-4,10-12,14,18H,5-9H2,1H3. The van der Waals surface area contributed by atoms with E-state index >= 15 is 0 Å². The van der Waals surface area contributed by atoms with Gasteiger partial charge in [-0.05, 0) is 43.9 Å². The Hall–Kier alpha value is -1.49. The van der Waals surface area contributed by atoms with Gasteiger partial charge in [0.2, 0.25) is 5.82 Å². The van der Waals surface area contributed by atoms with Gasteiger partial charge in [0.25, 0.3) is 0 Å². The van der Waals surface area contributed by atoms with E-state index in [2.05, 4.69) is 12.2 Å². The van der Waals surface area contributed by atoms with E-state index < -0.39 is 16.4 Å². The Labute approximate surface area is 123 Å². The van der Waals surface area contributed by atoms with Crippen molar-refractivity contribution in [2.45, 2.75) is 45.2 Å². The summed E-state index contributed by atoms with van der Waals surface area (Å²) in [7, 11) is 0. The molecule has 114 valence electrons. The van der Waals surface area contributed by atoms with Crippen molar-refractivity contribution in [1.82, 2.24) is 5.32 Å². The zero-order valence-electron chi connectivity index (χ0n) is 12.2. The number of nitrogens with one attached hydrogen (secondary N) is 1. The second-order valence-corrected chi connectivity index (χ2v) is 6.52. The minimum atomic E-state index is -0.713. The molecule has 0 spiro atoms. The molecule has 4 atom stereocenters. The molecular formula is C16H21FN2O2. The van der Waals surface area contributed by atoms with Crippen LogP contribution < -0.4 is 5.32 Å². The predicted molar refractivity (Wildman–Crippen MR) is 78.3 cm³/mol. The molecule has 1 aromatic rings. The number of hydrogen-bond donors (Lipinski definition) is 1. The number of hydrogen-bond acceptors (Lipinski definition) is 3. The maximum Gasteiger partial charge on any atom is 0.305 e. The summed E-state index contributed by atoms with van der Waals surface area (Å²) in [6.45, 7) is 2.50. The lowest BCUT2D eigenvalue weighted by molar-refractivity contribution is -0.387. The highest BCUT2D eigenvalue weighted by molar-refractivity contribution is 5.36. The number of nitro benzene ring substituents is 1. The van der Waals surface area contributed by atoms with E-state index in [-0.39, 0.29) is 0 Å². The van der Waals surface area contributed by atoms with E-state index in [9.17, 15) is 14.5 Å². The monoisotopic (exact) mass is 292 g/mol. The van der Waals surface area contributed by atoms with E-state index in [1.54, 1.807) is 12.1 Å². The summed E-state index contributed by atoms with van der Waals surface area (Å²) in [6.07, 6.45) is 5.32. The maximum absolute atomic E-state index is 14.0. The van der Waals surface area contributed by atoms with Gasteiger partial charge in [0, 0.05) is 24.2 Å². The Morgan fingerprint density at radius 3 is 2.86 bits per heavy atom. The zero-order chi connectivity index (χ0) is 15.0. The third kappa shape index (κ3) is 2.79. The smallest absolute Gasteiger partial charge is 0.305 e. The van der Waals surface area contributed by atoms with Crippen molar-refractivity contribution < 1.29 is 9.31 Å². The molecular weight excluding hydrogens is 271 g/mol. The highest BCUT2D eigenvalue weighted by Crippen LogP contribution is 2.49. The third-order valence-corrected chi connectivity index (χ3v) is 5.30. The summed E-state index contributed by atoms with van der Waals surface area (Å²) >= 11 is 0. The molecule has 0 heterocycles. The van der Waals surface area contributed by atoms with Crippen molar-refractivity contribution in [3.63, 3.8) is 0 Å². The molecule has 4 unspecified atom stereocenters. The molecule has 0 amide bonds. The summed E-state index contributed by atoms with van der Waals surface area (Å²) in [5.74, 6) is 1.66. The normalized spacial score (nSPS) is 28.8. The molecule has 2 aliphatic rings. The third-order valence-electron chi connectivity index (χ3n) is 5.30. The van der Waals surface area contributed by atoms with Gasteiger partial charge in [0.1, 0.15) is 0 Å². The Morgan fingerprint density at radius 2 is 2.24 bits per heavy atom. The lowest BCUT2D eigenvalue weighted by atomic mass is 9.84. The Bertz CT molecular complexity index is 549. The fourth-order valence-electron chi connectivity index (χ4n) is 4.17. The molecule has 0 aromatic heterocycles. The van der Waals surface area contributed by atoms with Gasteiger partial charge in [-0.1, -0.05) is 18.6 Å². The van der Waals surface area contributed by atoms with Crippen LogP contribution >= 0.6 is 0 Å². The summed E-state index contributed by atoms with van der Waals surface area (Å²) < 4.78 is 14.0. The van der Waals surface area contributed by atoms with E-state index in [1.807, 2.05) is 0 Å². The van der Waals surface area contributed by atoms with Crippen molar-refractivity contribution in [3.05, 3.63) is 39.7 Å². The molecule has 0 saturated heterocycles. The van der Waals surface area contributed by atoms with Gasteiger partial charge < -0.3 is 5.32 Å². The van der Waals surface area contributed by atoms with Crippen LogP contribution in [0, 0.1) is 33.7 Å². The second kappa shape index (κ2) is 5.72. The van der Waals surface area contributed by atoms with Crippen molar-refractivity contribution >= 4 is 5.69 Å². The fourth-order valence-corrected chi connectivity index (χ4v) is 4.17. The Morgan fingerprint density at radius 1 is 1.43 bits per heavy atom. The first-order chi connectivity index (χ1) is 10.1. The van der Waals surface area contributed by atoms with Crippen LogP contribution in [0.25, 0.3) is 0 Å². The molecule has 0 aliphatic heterocycles. The van der Waals surface area contributed by atoms with Gasteiger partial charge in [-0.2, -0.15) is 4.39 Å². The van der Waals surface area contributed by atoms with Crippen LogP contribution in [0.4, 0.5) is 10.1 Å². The highest BCUT2D eigenvalue weighted by atomic mass is 19.1. The maximum atomic E-state index is 14.0. The van der Waals surface area contributed by atoms with E-state index in [0.29, 0.717) is 24.1 Å². The molecule has 3 rings (SSSR count). The van der Waals surface area contributed by atoms with Gasteiger partial charge in [0.15, 0.2) is 0 Å². The molecule has 2 bridgehead atoms. The number of benzene rings is 1. The average Bonchev–Trinajstić information content (AvgIpc) is 3.08.